The van der Waals surface area contributed by atoms with E-state index in [0.29, 0.717) is 6.54 Å². The lowest BCUT2D eigenvalue weighted by molar-refractivity contribution is 0.431. The van der Waals surface area contributed by atoms with Crippen molar-refractivity contribution in [1.82, 2.24) is 14.9 Å². The van der Waals surface area contributed by atoms with Crippen molar-refractivity contribution in [3.8, 4) is 5.75 Å². The average molecular weight is 235 g/mol. The van der Waals surface area contributed by atoms with E-state index < -0.39 is 5.82 Å². The van der Waals surface area contributed by atoms with Gasteiger partial charge in [0.25, 0.3) is 0 Å². The lowest BCUT2D eigenvalue weighted by Crippen LogP contribution is -2.19. The number of nitrogens with zero attached hydrogens (tertiary/aromatic N) is 2. The number of imidazole rings is 1. The molecule has 90 valence electrons. The van der Waals surface area contributed by atoms with Crippen molar-refractivity contribution in [1.29, 1.82) is 0 Å². The number of aromatic nitrogens is 2. The molecule has 2 N–H and O–H groups in total. The van der Waals surface area contributed by atoms with Crippen molar-refractivity contribution in [3.63, 3.8) is 0 Å². The number of hydrogen-bond acceptors (Lipinski definition) is 3. The predicted octanol–water partition coefficient (Wildman–Crippen LogP) is 1.52. The molecule has 2 aromatic rings. The molecule has 2 rings (SSSR count). The molecule has 0 radical (unpaired) electrons. The van der Waals surface area contributed by atoms with E-state index in [1.807, 2.05) is 10.8 Å². The summed E-state index contributed by atoms with van der Waals surface area (Å²) in [5.74, 6) is -0.897. The van der Waals surface area contributed by atoms with Gasteiger partial charge in [0.1, 0.15) is 0 Å². The molecule has 17 heavy (non-hydrogen) atoms. The van der Waals surface area contributed by atoms with Crippen LogP contribution in [0.2, 0.25) is 0 Å². The molecule has 0 aliphatic heterocycles. The molecule has 5 heteroatoms. The summed E-state index contributed by atoms with van der Waals surface area (Å²) in [5.41, 5.74) is 0.811. The topological polar surface area (TPSA) is 50.1 Å². The molecule has 0 aliphatic rings. The van der Waals surface area contributed by atoms with Crippen molar-refractivity contribution < 1.29 is 9.50 Å². The quantitative estimate of drug-likeness (QED) is 0.772. The molecule has 0 spiro atoms. The van der Waals surface area contributed by atoms with Gasteiger partial charge in [0.2, 0.25) is 0 Å². The summed E-state index contributed by atoms with van der Waals surface area (Å²) in [7, 11) is 0. The number of nitrogens with one attached hydrogen (secondary N) is 1. The van der Waals surface area contributed by atoms with E-state index in [2.05, 4.69) is 10.3 Å². The number of benzene rings is 1. The van der Waals surface area contributed by atoms with E-state index in [1.165, 1.54) is 12.1 Å². The number of phenols is 1. The maximum absolute atomic E-state index is 13.0. The molecule has 1 heterocycles. The van der Waals surface area contributed by atoms with Gasteiger partial charge in [-0.1, -0.05) is 6.07 Å². The lowest BCUT2D eigenvalue weighted by Gasteiger charge is -2.06. The second-order valence-electron chi connectivity index (χ2n) is 3.76. The minimum absolute atomic E-state index is 0.313. The SMILES string of the molecule is Oc1ccc(CNCCn2ccnc2)cc1F. The smallest absolute Gasteiger partial charge is 0.165 e. The number of phenolic OH excluding ortho intramolecular Hbond substituents is 1. The van der Waals surface area contributed by atoms with E-state index in [4.69, 9.17) is 5.11 Å². The van der Waals surface area contributed by atoms with E-state index >= 15 is 0 Å². The first-order chi connectivity index (χ1) is 8.25. The second-order valence-corrected chi connectivity index (χ2v) is 3.76. The Labute approximate surface area is 98.7 Å². The fourth-order valence-electron chi connectivity index (χ4n) is 1.52. The summed E-state index contributed by atoms with van der Waals surface area (Å²) >= 11 is 0. The number of rotatable bonds is 5. The Bertz CT molecular complexity index is 471. The Balaban J connectivity index is 1.76. The molecule has 0 saturated heterocycles. The molecular formula is C12H14FN3O. The number of aromatic hydroxyl groups is 1. The van der Waals surface area contributed by atoms with Crippen LogP contribution >= 0.6 is 0 Å². The molecule has 1 aromatic carbocycles. The standard InChI is InChI=1S/C12H14FN3O/c13-11-7-10(1-2-12(11)17)8-14-3-5-16-6-4-15-9-16/h1-2,4,6-7,9,14,17H,3,5,8H2. The van der Waals surface area contributed by atoms with Gasteiger partial charge in [-0.25, -0.2) is 9.37 Å². The molecular weight excluding hydrogens is 221 g/mol. The zero-order chi connectivity index (χ0) is 12.1. The first-order valence-electron chi connectivity index (χ1n) is 5.39. The maximum atomic E-state index is 13.0. The van der Waals surface area contributed by atoms with Gasteiger partial charge >= 0.3 is 0 Å². The Kier molecular flexibility index (Phi) is 3.72. The van der Waals surface area contributed by atoms with Gasteiger partial charge in [-0.2, -0.15) is 0 Å². The Morgan fingerprint density at radius 2 is 2.29 bits per heavy atom. The Morgan fingerprint density at radius 3 is 3.00 bits per heavy atom. The third-order valence-corrected chi connectivity index (χ3v) is 2.45. The minimum Gasteiger partial charge on any atom is -0.505 e. The van der Waals surface area contributed by atoms with Gasteiger partial charge in [0, 0.05) is 32.0 Å². The number of halogens is 1. The molecule has 1 aromatic heterocycles. The Morgan fingerprint density at radius 1 is 1.41 bits per heavy atom. The highest BCUT2D eigenvalue weighted by molar-refractivity contribution is 5.27. The highest BCUT2D eigenvalue weighted by atomic mass is 19.1. The van der Waals surface area contributed by atoms with Crippen molar-refractivity contribution in [2.45, 2.75) is 13.1 Å². The maximum Gasteiger partial charge on any atom is 0.165 e. The highest BCUT2D eigenvalue weighted by Crippen LogP contribution is 2.15. The highest BCUT2D eigenvalue weighted by Gasteiger charge is 2.00. The Hall–Kier alpha value is -1.88. The summed E-state index contributed by atoms with van der Waals surface area (Å²) in [5, 5.41) is 12.2. The van der Waals surface area contributed by atoms with Gasteiger partial charge in [0.15, 0.2) is 11.6 Å². The first kappa shape index (κ1) is 11.6. The molecule has 0 amide bonds. The van der Waals surface area contributed by atoms with Crippen LogP contribution in [0.1, 0.15) is 5.56 Å². The summed E-state index contributed by atoms with van der Waals surface area (Å²) in [6.07, 6.45) is 5.37. The van der Waals surface area contributed by atoms with Crippen LogP contribution < -0.4 is 5.32 Å². The fourth-order valence-corrected chi connectivity index (χ4v) is 1.52. The van der Waals surface area contributed by atoms with E-state index in [9.17, 15) is 4.39 Å². The van der Waals surface area contributed by atoms with E-state index in [-0.39, 0.29) is 5.75 Å². The van der Waals surface area contributed by atoms with Crippen LogP contribution in [-0.2, 0) is 13.1 Å². The van der Waals surface area contributed by atoms with Crippen molar-refractivity contribution in [3.05, 3.63) is 48.3 Å². The molecule has 0 atom stereocenters. The molecule has 0 saturated carbocycles. The molecule has 4 nitrogen and oxygen atoms in total. The van der Waals surface area contributed by atoms with Crippen LogP contribution in [0, 0.1) is 5.82 Å². The van der Waals surface area contributed by atoms with E-state index in [1.54, 1.807) is 18.6 Å². The zero-order valence-corrected chi connectivity index (χ0v) is 9.31. The fraction of sp³-hybridized carbons (Fsp3) is 0.250. The van der Waals surface area contributed by atoms with Crippen molar-refractivity contribution >= 4 is 0 Å². The summed E-state index contributed by atoms with van der Waals surface area (Å²) in [4.78, 5) is 3.94. The summed E-state index contributed by atoms with van der Waals surface area (Å²) < 4.78 is 15.0. The second kappa shape index (κ2) is 5.45. The largest absolute Gasteiger partial charge is 0.505 e. The van der Waals surface area contributed by atoms with Gasteiger partial charge in [-0.15, -0.1) is 0 Å². The van der Waals surface area contributed by atoms with E-state index in [0.717, 1.165) is 18.7 Å². The molecule has 0 fully saturated rings. The van der Waals surface area contributed by atoms with Gasteiger partial charge < -0.3 is 15.0 Å². The third-order valence-electron chi connectivity index (χ3n) is 2.45. The first-order valence-corrected chi connectivity index (χ1v) is 5.39. The van der Waals surface area contributed by atoms with Gasteiger partial charge in [-0.3, -0.25) is 0 Å². The third kappa shape index (κ3) is 3.29. The zero-order valence-electron chi connectivity index (χ0n) is 9.31. The monoisotopic (exact) mass is 235 g/mol. The van der Waals surface area contributed by atoms with Gasteiger partial charge in [-0.05, 0) is 17.7 Å². The lowest BCUT2D eigenvalue weighted by atomic mass is 10.2. The average Bonchev–Trinajstić information content (AvgIpc) is 2.82. The van der Waals surface area contributed by atoms with Gasteiger partial charge in [0.05, 0.1) is 6.33 Å². The molecule has 0 aliphatic carbocycles. The van der Waals surface area contributed by atoms with Crippen molar-refractivity contribution in [2.24, 2.45) is 0 Å². The summed E-state index contributed by atoms with van der Waals surface area (Å²) in [6.45, 7) is 2.17. The van der Waals surface area contributed by atoms with Crippen LogP contribution in [0.15, 0.2) is 36.9 Å². The van der Waals surface area contributed by atoms with Crippen molar-refractivity contribution in [2.75, 3.05) is 6.54 Å². The summed E-state index contributed by atoms with van der Waals surface area (Å²) in [6, 6.07) is 4.39. The number of hydrogen-bond donors (Lipinski definition) is 2. The van der Waals surface area contributed by atoms with Crippen LogP contribution in [0.3, 0.4) is 0 Å². The molecule has 0 unspecified atom stereocenters. The van der Waals surface area contributed by atoms with Crippen LogP contribution in [0.4, 0.5) is 4.39 Å². The normalized spacial score (nSPS) is 10.6. The van der Waals surface area contributed by atoms with Crippen LogP contribution in [-0.4, -0.2) is 21.2 Å². The molecule has 0 bridgehead atoms. The minimum atomic E-state index is -0.584. The predicted molar refractivity (Wildman–Crippen MR) is 62.0 cm³/mol. The van der Waals surface area contributed by atoms with Crippen LogP contribution in [0.5, 0.6) is 5.75 Å². The van der Waals surface area contributed by atoms with Crippen LogP contribution in [0.25, 0.3) is 0 Å².